The van der Waals surface area contributed by atoms with E-state index in [0.717, 1.165) is 70.9 Å². The number of amides is 2. The van der Waals surface area contributed by atoms with Crippen molar-refractivity contribution in [1.82, 2.24) is 9.88 Å². The Bertz CT molecular complexity index is 1260. The van der Waals surface area contributed by atoms with Crippen molar-refractivity contribution in [3.8, 4) is 11.3 Å². The van der Waals surface area contributed by atoms with Crippen LogP contribution in [0, 0.1) is 19.8 Å². The van der Waals surface area contributed by atoms with Gasteiger partial charge in [0.1, 0.15) is 0 Å². The Morgan fingerprint density at radius 2 is 1.86 bits per heavy atom. The molecule has 2 aliphatic heterocycles. The molecular formula is C28H32N4O2S. The molecule has 0 unspecified atom stereocenters. The number of thiazole rings is 1. The van der Waals surface area contributed by atoms with Crippen LogP contribution in [0.2, 0.25) is 0 Å². The van der Waals surface area contributed by atoms with Crippen LogP contribution < -0.4 is 10.2 Å². The molecule has 0 radical (unpaired) electrons. The van der Waals surface area contributed by atoms with E-state index < -0.39 is 0 Å². The molecular weight excluding hydrogens is 456 g/mol. The van der Waals surface area contributed by atoms with Crippen molar-refractivity contribution in [1.29, 1.82) is 0 Å². The highest BCUT2D eigenvalue weighted by atomic mass is 32.1. The lowest BCUT2D eigenvalue weighted by atomic mass is 9.93. The monoisotopic (exact) mass is 488 g/mol. The molecule has 1 aromatic heterocycles. The molecule has 35 heavy (non-hydrogen) atoms. The van der Waals surface area contributed by atoms with Crippen molar-refractivity contribution in [2.75, 3.05) is 36.9 Å². The molecule has 1 saturated heterocycles. The predicted octanol–water partition coefficient (Wildman–Crippen LogP) is 5.30. The first kappa shape index (κ1) is 23.7. The van der Waals surface area contributed by atoms with E-state index in [1.165, 1.54) is 11.3 Å². The van der Waals surface area contributed by atoms with Crippen LogP contribution in [0.1, 0.15) is 45.6 Å². The number of fused-ring (bicyclic) bond motifs is 1. The summed E-state index contributed by atoms with van der Waals surface area (Å²) in [6, 6.07) is 14.0. The van der Waals surface area contributed by atoms with Gasteiger partial charge >= 0.3 is 0 Å². The van der Waals surface area contributed by atoms with Crippen LogP contribution in [-0.2, 0) is 11.2 Å². The number of carbonyl (C=O) groups is 2. The van der Waals surface area contributed by atoms with Crippen molar-refractivity contribution >= 4 is 34.0 Å². The maximum Gasteiger partial charge on any atom is 0.258 e. The second-order valence-corrected chi connectivity index (χ2v) is 11.0. The molecule has 5 rings (SSSR count). The van der Waals surface area contributed by atoms with E-state index in [2.05, 4.69) is 23.3 Å². The molecule has 3 heterocycles. The topological polar surface area (TPSA) is 65.5 Å². The molecule has 1 fully saturated rings. The second-order valence-electron chi connectivity index (χ2n) is 9.79. The van der Waals surface area contributed by atoms with Crippen LogP contribution in [0.3, 0.4) is 0 Å². The minimum absolute atomic E-state index is 0.0500. The maximum atomic E-state index is 13.2. The summed E-state index contributed by atoms with van der Waals surface area (Å²) in [5.74, 6) is 0.557. The zero-order chi connectivity index (χ0) is 24.5. The van der Waals surface area contributed by atoms with Crippen molar-refractivity contribution in [2.24, 2.45) is 5.92 Å². The summed E-state index contributed by atoms with van der Waals surface area (Å²) in [7, 11) is 2.13. The Labute approximate surface area is 211 Å². The molecule has 0 atom stereocenters. The molecule has 0 bridgehead atoms. The number of rotatable bonds is 5. The SMILES string of the molecule is Cc1ccccc1C(=O)N1CCc2cc(-c3nc(NC(=O)CC4CCN(C)CC4)sc3C)ccc21. The average Bonchev–Trinajstić information content (AvgIpc) is 3.43. The number of hydrogen-bond acceptors (Lipinski definition) is 5. The fourth-order valence-corrected chi connectivity index (χ4v) is 5.99. The van der Waals surface area contributed by atoms with E-state index in [1.54, 1.807) is 0 Å². The van der Waals surface area contributed by atoms with Crippen LogP contribution >= 0.6 is 11.3 Å². The molecule has 0 aliphatic carbocycles. The van der Waals surface area contributed by atoms with Gasteiger partial charge in [-0.2, -0.15) is 0 Å². The molecule has 3 aromatic rings. The van der Waals surface area contributed by atoms with Crippen LogP contribution in [0.5, 0.6) is 0 Å². The Morgan fingerprint density at radius 3 is 2.63 bits per heavy atom. The van der Waals surface area contributed by atoms with Crippen molar-refractivity contribution in [2.45, 2.75) is 39.5 Å². The number of nitrogens with zero attached hydrogens (tertiary/aromatic N) is 3. The highest BCUT2D eigenvalue weighted by Gasteiger charge is 2.27. The molecule has 2 aliphatic rings. The van der Waals surface area contributed by atoms with Crippen LogP contribution in [-0.4, -0.2) is 48.4 Å². The van der Waals surface area contributed by atoms with Gasteiger partial charge in [-0.1, -0.05) is 24.3 Å². The number of carbonyl (C=O) groups excluding carboxylic acids is 2. The quantitative estimate of drug-likeness (QED) is 0.529. The van der Waals surface area contributed by atoms with Gasteiger partial charge in [-0.05, 0) is 88.5 Å². The molecule has 0 saturated carbocycles. The number of benzene rings is 2. The lowest BCUT2D eigenvalue weighted by molar-refractivity contribution is -0.117. The van der Waals surface area contributed by atoms with Crippen molar-refractivity contribution < 1.29 is 9.59 Å². The van der Waals surface area contributed by atoms with E-state index in [1.807, 2.05) is 55.1 Å². The zero-order valence-electron chi connectivity index (χ0n) is 20.6. The normalized spacial score (nSPS) is 16.4. The third kappa shape index (κ3) is 5.02. The number of hydrogen-bond donors (Lipinski definition) is 1. The number of aryl methyl sites for hydroxylation is 2. The van der Waals surface area contributed by atoms with Gasteiger partial charge in [0, 0.05) is 34.7 Å². The van der Waals surface area contributed by atoms with Crippen molar-refractivity contribution in [3.05, 3.63) is 64.0 Å². The van der Waals surface area contributed by atoms with Gasteiger partial charge in [0.25, 0.3) is 5.91 Å². The second kappa shape index (κ2) is 9.91. The Morgan fingerprint density at radius 1 is 1.09 bits per heavy atom. The molecule has 2 aromatic carbocycles. The number of nitrogens with one attached hydrogen (secondary N) is 1. The van der Waals surface area contributed by atoms with E-state index >= 15 is 0 Å². The third-order valence-electron chi connectivity index (χ3n) is 7.22. The summed E-state index contributed by atoms with van der Waals surface area (Å²) in [6.07, 6.45) is 3.53. The number of likely N-dealkylation sites (tertiary alicyclic amines) is 1. The standard InChI is InChI=1S/C28H32N4O2S/c1-18-6-4-5-7-23(18)27(34)32-15-12-21-17-22(8-9-24(21)32)26-19(2)35-28(30-26)29-25(33)16-20-10-13-31(3)14-11-20/h4-9,17,20H,10-16H2,1-3H3,(H,29,30,33). The minimum atomic E-state index is 0.0500. The first-order chi connectivity index (χ1) is 16.9. The van der Waals surface area contributed by atoms with E-state index in [-0.39, 0.29) is 11.8 Å². The molecule has 2 amide bonds. The minimum Gasteiger partial charge on any atom is -0.308 e. The van der Waals surface area contributed by atoms with Gasteiger partial charge in [0.15, 0.2) is 5.13 Å². The molecule has 1 N–H and O–H groups in total. The van der Waals surface area contributed by atoms with Gasteiger partial charge in [0.05, 0.1) is 5.69 Å². The molecule has 7 heteroatoms. The molecule has 182 valence electrons. The van der Waals surface area contributed by atoms with E-state index in [0.29, 0.717) is 24.0 Å². The lowest BCUT2D eigenvalue weighted by Crippen LogP contribution is -2.31. The highest BCUT2D eigenvalue weighted by Crippen LogP contribution is 2.36. The summed E-state index contributed by atoms with van der Waals surface area (Å²) < 4.78 is 0. The van der Waals surface area contributed by atoms with Gasteiger partial charge < -0.3 is 15.1 Å². The zero-order valence-corrected chi connectivity index (χ0v) is 21.5. The molecule has 0 spiro atoms. The van der Waals surface area contributed by atoms with Crippen LogP contribution in [0.4, 0.5) is 10.8 Å². The van der Waals surface area contributed by atoms with Gasteiger partial charge in [-0.25, -0.2) is 4.98 Å². The summed E-state index contributed by atoms with van der Waals surface area (Å²) >= 11 is 1.52. The Kier molecular flexibility index (Phi) is 6.71. The summed E-state index contributed by atoms with van der Waals surface area (Å²) in [4.78, 5) is 35.8. The lowest BCUT2D eigenvalue weighted by Gasteiger charge is -2.28. The van der Waals surface area contributed by atoms with Gasteiger partial charge in [0.2, 0.25) is 5.91 Å². The van der Waals surface area contributed by atoms with Gasteiger partial charge in [-0.15, -0.1) is 11.3 Å². The van der Waals surface area contributed by atoms with Crippen molar-refractivity contribution in [3.63, 3.8) is 0 Å². The fraction of sp³-hybridized carbons (Fsp3) is 0.393. The number of aromatic nitrogens is 1. The van der Waals surface area contributed by atoms with Gasteiger partial charge in [-0.3, -0.25) is 9.59 Å². The first-order valence-electron chi connectivity index (χ1n) is 12.4. The third-order valence-corrected chi connectivity index (χ3v) is 8.11. The summed E-state index contributed by atoms with van der Waals surface area (Å²) in [5, 5.41) is 3.69. The number of piperidine rings is 1. The molecule has 6 nitrogen and oxygen atoms in total. The first-order valence-corrected chi connectivity index (χ1v) is 13.2. The Balaban J connectivity index is 1.29. The largest absolute Gasteiger partial charge is 0.308 e. The predicted molar refractivity (Wildman–Crippen MR) is 142 cm³/mol. The van der Waals surface area contributed by atoms with Crippen LogP contribution in [0.15, 0.2) is 42.5 Å². The summed E-state index contributed by atoms with van der Waals surface area (Å²) in [6.45, 7) is 6.82. The Hall–Kier alpha value is -3.03. The van der Waals surface area contributed by atoms with E-state index in [4.69, 9.17) is 4.98 Å². The average molecular weight is 489 g/mol. The summed E-state index contributed by atoms with van der Waals surface area (Å²) in [5.41, 5.74) is 5.80. The smallest absolute Gasteiger partial charge is 0.258 e. The number of anilines is 2. The van der Waals surface area contributed by atoms with E-state index in [9.17, 15) is 9.59 Å². The highest BCUT2D eigenvalue weighted by molar-refractivity contribution is 7.16. The fourth-order valence-electron chi connectivity index (χ4n) is 5.13. The van der Waals surface area contributed by atoms with Crippen LogP contribution in [0.25, 0.3) is 11.3 Å². The maximum absolute atomic E-state index is 13.2.